The monoisotopic (exact) mass is 460 g/mol. The number of anilines is 2. The zero-order valence-electron chi connectivity index (χ0n) is 19.2. The fraction of sp³-hybridized carbons (Fsp3) is 0.346. The number of hydrogen-bond donors (Lipinski definition) is 2. The van der Waals surface area contributed by atoms with Crippen molar-refractivity contribution < 1.29 is 19.2 Å². The van der Waals surface area contributed by atoms with Gasteiger partial charge in [0.1, 0.15) is 6.04 Å². The third-order valence-corrected chi connectivity index (χ3v) is 6.18. The standard InChI is InChI=1S/C26H28N4O4/c1-16(2)14-22(30-25(33)20-8-3-4-9-21(20)26(30)34)24(32)29-19-7-5-6-17(15-19)23(31)28-18-10-12-27-13-11-18/h3-7,10-13,15-16,20-22H,8-9,14H2,1-2H3,(H,29,32)(H,27,28,31). The molecule has 2 aliphatic rings. The number of benzene rings is 1. The first-order valence-corrected chi connectivity index (χ1v) is 11.5. The summed E-state index contributed by atoms with van der Waals surface area (Å²) >= 11 is 0. The minimum atomic E-state index is -0.903. The fourth-order valence-electron chi connectivity index (χ4n) is 4.51. The Morgan fingerprint density at radius 1 is 0.971 bits per heavy atom. The van der Waals surface area contributed by atoms with E-state index in [1.165, 1.54) is 4.90 Å². The molecule has 4 amide bonds. The summed E-state index contributed by atoms with van der Waals surface area (Å²) < 4.78 is 0. The second kappa shape index (κ2) is 9.99. The lowest BCUT2D eigenvalue weighted by Crippen LogP contribution is -2.48. The molecule has 2 N–H and O–H groups in total. The van der Waals surface area contributed by atoms with E-state index in [0.29, 0.717) is 36.2 Å². The zero-order chi connectivity index (χ0) is 24.2. The number of hydrogen-bond acceptors (Lipinski definition) is 5. The van der Waals surface area contributed by atoms with E-state index >= 15 is 0 Å². The molecule has 1 fully saturated rings. The molecular formula is C26H28N4O4. The van der Waals surface area contributed by atoms with Gasteiger partial charge < -0.3 is 10.6 Å². The van der Waals surface area contributed by atoms with E-state index in [1.54, 1.807) is 48.8 Å². The van der Waals surface area contributed by atoms with Crippen LogP contribution in [-0.4, -0.2) is 39.6 Å². The number of imide groups is 1. The minimum absolute atomic E-state index is 0.0922. The SMILES string of the molecule is CC(C)CC(C(=O)Nc1cccc(C(=O)Nc2ccncc2)c1)N1C(=O)C2CC=CCC2C1=O. The Morgan fingerprint density at radius 3 is 2.24 bits per heavy atom. The molecule has 4 rings (SSSR count). The van der Waals surface area contributed by atoms with Crippen molar-refractivity contribution in [3.8, 4) is 0 Å². The summed E-state index contributed by atoms with van der Waals surface area (Å²) in [6.07, 6.45) is 8.42. The lowest BCUT2D eigenvalue weighted by atomic mass is 9.85. The van der Waals surface area contributed by atoms with Crippen LogP contribution in [0.4, 0.5) is 11.4 Å². The molecule has 0 radical (unpaired) electrons. The van der Waals surface area contributed by atoms with Crippen molar-refractivity contribution in [1.82, 2.24) is 9.88 Å². The molecule has 3 unspecified atom stereocenters. The van der Waals surface area contributed by atoms with E-state index in [2.05, 4.69) is 15.6 Å². The highest BCUT2D eigenvalue weighted by Gasteiger charge is 2.51. The maximum absolute atomic E-state index is 13.3. The van der Waals surface area contributed by atoms with Crippen LogP contribution in [0.2, 0.25) is 0 Å². The maximum atomic E-state index is 13.3. The summed E-state index contributed by atoms with van der Waals surface area (Å²) in [5.74, 6) is -2.00. The van der Waals surface area contributed by atoms with E-state index in [-0.39, 0.29) is 35.5 Å². The Kier molecular flexibility index (Phi) is 6.86. The Labute approximate surface area is 198 Å². The molecule has 0 spiro atoms. The van der Waals surface area contributed by atoms with Crippen molar-refractivity contribution in [3.05, 3.63) is 66.5 Å². The van der Waals surface area contributed by atoms with E-state index in [4.69, 9.17) is 0 Å². The number of nitrogens with zero attached hydrogens (tertiary/aromatic N) is 2. The number of nitrogens with one attached hydrogen (secondary N) is 2. The second-order valence-electron chi connectivity index (χ2n) is 9.11. The summed E-state index contributed by atoms with van der Waals surface area (Å²) in [4.78, 5) is 57.2. The number of fused-ring (bicyclic) bond motifs is 1. The quantitative estimate of drug-likeness (QED) is 0.484. The van der Waals surface area contributed by atoms with Gasteiger partial charge in [-0.1, -0.05) is 32.1 Å². The Balaban J connectivity index is 1.51. The van der Waals surface area contributed by atoms with Crippen LogP contribution in [0.25, 0.3) is 0 Å². The maximum Gasteiger partial charge on any atom is 0.255 e. The number of carbonyl (C=O) groups is 4. The highest BCUT2D eigenvalue weighted by molar-refractivity contribution is 6.10. The van der Waals surface area contributed by atoms with Gasteiger partial charge in [-0.2, -0.15) is 0 Å². The van der Waals surface area contributed by atoms with Gasteiger partial charge in [0.2, 0.25) is 17.7 Å². The molecule has 2 aromatic rings. The number of likely N-dealkylation sites (tertiary alicyclic amines) is 1. The van der Waals surface area contributed by atoms with Crippen LogP contribution in [0.5, 0.6) is 0 Å². The molecule has 0 bridgehead atoms. The molecule has 1 aliphatic carbocycles. The molecule has 1 saturated heterocycles. The van der Waals surface area contributed by atoms with Crippen LogP contribution in [0, 0.1) is 17.8 Å². The van der Waals surface area contributed by atoms with E-state index < -0.39 is 11.9 Å². The molecule has 1 aromatic carbocycles. The largest absolute Gasteiger partial charge is 0.324 e. The normalized spacial score (nSPS) is 20.3. The number of pyridine rings is 1. The van der Waals surface area contributed by atoms with Gasteiger partial charge in [-0.05, 0) is 55.5 Å². The lowest BCUT2D eigenvalue weighted by Gasteiger charge is -2.27. The molecular weight excluding hydrogens is 432 g/mol. The van der Waals surface area contributed by atoms with E-state index in [1.807, 2.05) is 26.0 Å². The summed E-state index contributed by atoms with van der Waals surface area (Å²) in [7, 11) is 0. The van der Waals surface area contributed by atoms with Gasteiger partial charge in [0.25, 0.3) is 5.91 Å². The molecule has 176 valence electrons. The zero-order valence-corrected chi connectivity index (χ0v) is 19.2. The van der Waals surface area contributed by atoms with Crippen LogP contribution in [-0.2, 0) is 14.4 Å². The van der Waals surface area contributed by atoms with Gasteiger partial charge in [-0.25, -0.2) is 0 Å². The first-order chi connectivity index (χ1) is 16.3. The Morgan fingerprint density at radius 2 is 1.62 bits per heavy atom. The smallest absolute Gasteiger partial charge is 0.255 e. The van der Waals surface area contributed by atoms with Crippen LogP contribution < -0.4 is 10.6 Å². The topological polar surface area (TPSA) is 108 Å². The third-order valence-electron chi connectivity index (χ3n) is 6.18. The highest BCUT2D eigenvalue weighted by Crippen LogP contribution is 2.37. The fourth-order valence-corrected chi connectivity index (χ4v) is 4.51. The summed E-state index contributed by atoms with van der Waals surface area (Å²) in [5, 5.41) is 5.59. The van der Waals surface area contributed by atoms with Gasteiger partial charge in [-0.3, -0.25) is 29.1 Å². The van der Waals surface area contributed by atoms with Gasteiger partial charge in [0, 0.05) is 29.3 Å². The average Bonchev–Trinajstić information content (AvgIpc) is 3.08. The van der Waals surface area contributed by atoms with Crippen molar-refractivity contribution in [2.24, 2.45) is 17.8 Å². The number of rotatable bonds is 7. The van der Waals surface area contributed by atoms with Gasteiger partial charge in [0.15, 0.2) is 0 Å². The second-order valence-corrected chi connectivity index (χ2v) is 9.11. The predicted molar refractivity (Wildman–Crippen MR) is 128 cm³/mol. The van der Waals surface area contributed by atoms with Gasteiger partial charge in [-0.15, -0.1) is 0 Å². The molecule has 34 heavy (non-hydrogen) atoms. The van der Waals surface area contributed by atoms with Gasteiger partial charge in [0.05, 0.1) is 11.8 Å². The van der Waals surface area contributed by atoms with Crippen molar-refractivity contribution in [3.63, 3.8) is 0 Å². The summed E-state index contributed by atoms with van der Waals surface area (Å²) in [6, 6.07) is 9.00. The predicted octanol–water partition coefficient (Wildman–Crippen LogP) is 3.64. The molecule has 8 nitrogen and oxygen atoms in total. The molecule has 1 aromatic heterocycles. The van der Waals surface area contributed by atoms with Gasteiger partial charge >= 0.3 is 0 Å². The van der Waals surface area contributed by atoms with E-state index in [9.17, 15) is 19.2 Å². The third kappa shape index (κ3) is 4.90. The van der Waals surface area contributed by atoms with Crippen molar-refractivity contribution in [1.29, 1.82) is 0 Å². The summed E-state index contributed by atoms with van der Waals surface area (Å²) in [6.45, 7) is 3.90. The number of carbonyl (C=O) groups excluding carboxylic acids is 4. The first-order valence-electron chi connectivity index (χ1n) is 11.5. The minimum Gasteiger partial charge on any atom is -0.324 e. The molecule has 1 aliphatic heterocycles. The van der Waals surface area contributed by atoms with Crippen LogP contribution in [0.1, 0.15) is 43.5 Å². The van der Waals surface area contributed by atoms with Crippen LogP contribution >= 0.6 is 0 Å². The lowest BCUT2D eigenvalue weighted by molar-refractivity contribution is -0.147. The molecule has 2 heterocycles. The van der Waals surface area contributed by atoms with Crippen molar-refractivity contribution in [2.45, 2.75) is 39.2 Å². The molecule has 0 saturated carbocycles. The number of aromatic nitrogens is 1. The summed E-state index contributed by atoms with van der Waals surface area (Å²) in [5.41, 5.74) is 1.38. The average molecular weight is 461 g/mol. The molecule has 8 heteroatoms. The Bertz CT molecular complexity index is 1100. The van der Waals surface area contributed by atoms with Crippen molar-refractivity contribution >= 4 is 35.0 Å². The van der Waals surface area contributed by atoms with Crippen LogP contribution in [0.15, 0.2) is 60.9 Å². The number of allylic oxidation sites excluding steroid dienone is 2. The van der Waals surface area contributed by atoms with Crippen LogP contribution in [0.3, 0.4) is 0 Å². The Hall–Kier alpha value is -3.81. The molecule has 3 atom stereocenters. The van der Waals surface area contributed by atoms with Crippen molar-refractivity contribution in [2.75, 3.05) is 10.6 Å². The first kappa shape index (κ1) is 23.4. The van der Waals surface area contributed by atoms with E-state index in [0.717, 1.165) is 0 Å². The number of amides is 4. The highest BCUT2D eigenvalue weighted by atomic mass is 16.2.